The van der Waals surface area contributed by atoms with E-state index in [-0.39, 0.29) is 5.92 Å². The molecule has 134 valence electrons. The Morgan fingerprint density at radius 3 is 2.04 bits per heavy atom. The van der Waals surface area contributed by atoms with Gasteiger partial charge in [-0.25, -0.2) is 0 Å². The second-order valence-corrected chi connectivity index (χ2v) is 9.07. The van der Waals surface area contributed by atoms with Crippen LogP contribution in [0.5, 0.6) is 0 Å². The fraction of sp³-hybridized carbons (Fsp3) is 0.900. The first-order valence-electron chi connectivity index (χ1n) is 10.1. The van der Waals surface area contributed by atoms with Gasteiger partial charge in [0.1, 0.15) is 0 Å². The molecule has 24 heavy (non-hydrogen) atoms. The van der Waals surface area contributed by atoms with Gasteiger partial charge in [0.15, 0.2) is 0 Å². The lowest BCUT2D eigenvalue weighted by molar-refractivity contribution is -0.142. The zero-order chi connectivity index (χ0) is 16.7. The molecule has 2 heterocycles. The minimum atomic E-state index is 0.262. The molecule has 0 aromatic rings. The standard InChI is InChI=1S/C20H32N2O2/c1-15-12-17(13-15)19(24)22-10-6-20(7-11-22)5-4-16(14-20)18(23)21-8-2-3-9-21/h15-17H,2-14H2,1H3. The normalized spacial score (nSPS) is 35.3. The third-order valence-corrected chi connectivity index (χ3v) is 7.33. The fourth-order valence-corrected chi connectivity index (χ4v) is 5.63. The summed E-state index contributed by atoms with van der Waals surface area (Å²) in [6.45, 7) is 6.04. The second-order valence-electron chi connectivity index (χ2n) is 9.07. The summed E-state index contributed by atoms with van der Waals surface area (Å²) in [5.41, 5.74) is 0.351. The molecule has 0 radical (unpaired) electrons. The Morgan fingerprint density at radius 1 is 0.833 bits per heavy atom. The van der Waals surface area contributed by atoms with Crippen molar-refractivity contribution in [2.45, 2.75) is 64.7 Å². The zero-order valence-corrected chi connectivity index (χ0v) is 15.1. The molecule has 2 aliphatic carbocycles. The first-order chi connectivity index (χ1) is 11.6. The minimum Gasteiger partial charge on any atom is -0.342 e. The number of hydrogen-bond donors (Lipinski definition) is 0. The van der Waals surface area contributed by atoms with Crippen LogP contribution in [0, 0.1) is 23.2 Å². The number of nitrogens with zero attached hydrogens (tertiary/aromatic N) is 2. The SMILES string of the molecule is CC1CC(C(=O)N2CCC3(CCC(C(=O)N4CCCC4)C3)CC2)C1. The summed E-state index contributed by atoms with van der Waals surface area (Å²) in [6.07, 6.45) is 10.1. The van der Waals surface area contributed by atoms with E-state index in [1.807, 2.05) is 0 Å². The van der Waals surface area contributed by atoms with E-state index < -0.39 is 0 Å². The number of carbonyl (C=O) groups excluding carboxylic acids is 2. The molecule has 4 nitrogen and oxygen atoms in total. The number of hydrogen-bond acceptors (Lipinski definition) is 2. The molecule has 0 N–H and O–H groups in total. The molecule has 2 saturated carbocycles. The Balaban J connectivity index is 1.29. The zero-order valence-electron chi connectivity index (χ0n) is 15.1. The molecule has 2 aliphatic heterocycles. The van der Waals surface area contributed by atoms with Crippen molar-refractivity contribution in [3.63, 3.8) is 0 Å². The van der Waals surface area contributed by atoms with Crippen LogP contribution in [0.25, 0.3) is 0 Å². The summed E-state index contributed by atoms with van der Waals surface area (Å²) in [5, 5.41) is 0. The number of rotatable bonds is 2. The Morgan fingerprint density at radius 2 is 1.42 bits per heavy atom. The van der Waals surface area contributed by atoms with Gasteiger partial charge in [0.25, 0.3) is 0 Å². The van der Waals surface area contributed by atoms with Gasteiger partial charge in [-0.3, -0.25) is 9.59 Å². The van der Waals surface area contributed by atoms with E-state index in [0.717, 1.165) is 70.6 Å². The first-order valence-corrected chi connectivity index (χ1v) is 10.1. The molecule has 2 saturated heterocycles. The van der Waals surface area contributed by atoms with Gasteiger partial charge in [-0.05, 0) is 69.1 Å². The Kier molecular flexibility index (Phi) is 4.34. The monoisotopic (exact) mass is 332 g/mol. The highest BCUT2D eigenvalue weighted by atomic mass is 16.2. The summed E-state index contributed by atoms with van der Waals surface area (Å²) in [4.78, 5) is 29.4. The maximum absolute atomic E-state index is 12.7. The molecule has 0 aromatic carbocycles. The molecule has 0 bridgehead atoms. The quantitative estimate of drug-likeness (QED) is 0.780. The van der Waals surface area contributed by atoms with Crippen LogP contribution < -0.4 is 0 Å². The van der Waals surface area contributed by atoms with Crippen LogP contribution in [0.3, 0.4) is 0 Å². The Bertz CT molecular complexity index is 498. The molecule has 1 spiro atoms. The summed E-state index contributed by atoms with van der Waals surface area (Å²) in [6, 6.07) is 0. The average Bonchev–Trinajstić information content (AvgIpc) is 3.22. The smallest absolute Gasteiger partial charge is 0.225 e. The Hall–Kier alpha value is -1.06. The van der Waals surface area contributed by atoms with Crippen LogP contribution in [-0.2, 0) is 9.59 Å². The highest BCUT2D eigenvalue weighted by molar-refractivity contribution is 5.80. The predicted molar refractivity (Wildman–Crippen MR) is 93.3 cm³/mol. The molecule has 1 atom stereocenters. The number of amides is 2. The summed E-state index contributed by atoms with van der Waals surface area (Å²) in [7, 11) is 0. The van der Waals surface area contributed by atoms with Crippen LogP contribution in [0.15, 0.2) is 0 Å². The topological polar surface area (TPSA) is 40.6 Å². The van der Waals surface area contributed by atoms with Gasteiger partial charge in [0.2, 0.25) is 11.8 Å². The van der Waals surface area contributed by atoms with Crippen molar-refractivity contribution in [2.24, 2.45) is 23.2 Å². The van der Waals surface area contributed by atoms with Gasteiger partial charge in [-0.15, -0.1) is 0 Å². The van der Waals surface area contributed by atoms with Gasteiger partial charge in [-0.1, -0.05) is 6.92 Å². The van der Waals surface area contributed by atoms with Crippen molar-refractivity contribution in [3.05, 3.63) is 0 Å². The van der Waals surface area contributed by atoms with E-state index in [9.17, 15) is 9.59 Å². The van der Waals surface area contributed by atoms with Gasteiger partial charge < -0.3 is 9.80 Å². The van der Waals surface area contributed by atoms with E-state index >= 15 is 0 Å². The van der Waals surface area contributed by atoms with E-state index in [1.54, 1.807) is 0 Å². The fourth-order valence-electron chi connectivity index (χ4n) is 5.63. The van der Waals surface area contributed by atoms with Gasteiger partial charge >= 0.3 is 0 Å². The summed E-state index contributed by atoms with van der Waals surface area (Å²) in [5.74, 6) is 2.14. The van der Waals surface area contributed by atoms with Crippen LogP contribution in [0.1, 0.15) is 64.7 Å². The molecule has 0 aromatic heterocycles. The molecule has 4 rings (SSSR count). The van der Waals surface area contributed by atoms with Crippen molar-refractivity contribution < 1.29 is 9.59 Å². The van der Waals surface area contributed by atoms with Crippen molar-refractivity contribution in [2.75, 3.05) is 26.2 Å². The van der Waals surface area contributed by atoms with Crippen molar-refractivity contribution in [1.82, 2.24) is 9.80 Å². The van der Waals surface area contributed by atoms with E-state index in [4.69, 9.17) is 0 Å². The van der Waals surface area contributed by atoms with Crippen molar-refractivity contribution in [1.29, 1.82) is 0 Å². The molecule has 4 aliphatic rings. The largest absolute Gasteiger partial charge is 0.342 e. The van der Waals surface area contributed by atoms with Gasteiger partial charge in [0.05, 0.1) is 0 Å². The van der Waals surface area contributed by atoms with Gasteiger partial charge in [-0.2, -0.15) is 0 Å². The van der Waals surface area contributed by atoms with E-state index in [2.05, 4.69) is 16.7 Å². The van der Waals surface area contributed by atoms with Crippen molar-refractivity contribution in [3.8, 4) is 0 Å². The summed E-state index contributed by atoms with van der Waals surface area (Å²) >= 11 is 0. The first kappa shape index (κ1) is 16.4. The lowest BCUT2D eigenvalue weighted by atomic mass is 9.73. The highest BCUT2D eigenvalue weighted by Crippen LogP contribution is 2.50. The summed E-state index contributed by atoms with van der Waals surface area (Å²) < 4.78 is 0. The van der Waals surface area contributed by atoms with Gasteiger partial charge in [0, 0.05) is 38.0 Å². The lowest BCUT2D eigenvalue weighted by Gasteiger charge is -2.43. The second kappa shape index (κ2) is 6.34. The maximum Gasteiger partial charge on any atom is 0.225 e. The number of likely N-dealkylation sites (tertiary alicyclic amines) is 2. The predicted octanol–water partition coefficient (Wildman–Crippen LogP) is 3.06. The Labute approximate surface area is 145 Å². The van der Waals surface area contributed by atoms with Crippen LogP contribution in [0.2, 0.25) is 0 Å². The minimum absolute atomic E-state index is 0.262. The van der Waals surface area contributed by atoms with Crippen LogP contribution in [-0.4, -0.2) is 47.8 Å². The maximum atomic E-state index is 12.7. The van der Waals surface area contributed by atoms with Crippen molar-refractivity contribution >= 4 is 11.8 Å². The number of piperidine rings is 1. The molecular formula is C20H32N2O2. The molecule has 4 fully saturated rings. The number of carbonyl (C=O) groups is 2. The van der Waals surface area contributed by atoms with E-state index in [0.29, 0.717) is 23.1 Å². The average molecular weight is 332 g/mol. The molecule has 4 heteroatoms. The highest BCUT2D eigenvalue weighted by Gasteiger charge is 2.46. The third-order valence-electron chi connectivity index (χ3n) is 7.33. The van der Waals surface area contributed by atoms with Crippen LogP contribution in [0.4, 0.5) is 0 Å². The lowest BCUT2D eigenvalue weighted by Crippen LogP contribution is -2.47. The molecule has 1 unspecified atom stereocenters. The molecular weight excluding hydrogens is 300 g/mol. The van der Waals surface area contributed by atoms with Crippen LogP contribution >= 0.6 is 0 Å². The van der Waals surface area contributed by atoms with E-state index in [1.165, 1.54) is 19.3 Å². The third kappa shape index (κ3) is 2.97. The molecule has 2 amide bonds.